The molecule has 0 aromatic heterocycles. The van der Waals surface area contributed by atoms with Crippen molar-refractivity contribution in [1.29, 1.82) is 0 Å². The Kier molecular flexibility index (Phi) is 9.92. The van der Waals surface area contributed by atoms with Gasteiger partial charge in [-0.1, -0.05) is 0 Å². The van der Waals surface area contributed by atoms with Gasteiger partial charge in [-0.2, -0.15) is 0 Å². The summed E-state index contributed by atoms with van der Waals surface area (Å²) in [7, 11) is -2.31. The Bertz CT molecular complexity index is 298. The Morgan fingerprint density at radius 1 is 0.955 bits per heavy atom. The number of ether oxygens (including phenoxy) is 1. The number of hydrogen-bond acceptors (Lipinski definition) is 4. The van der Waals surface area contributed by atoms with Crippen LogP contribution in [-0.4, -0.2) is 58.6 Å². The van der Waals surface area contributed by atoms with Crippen LogP contribution in [0.25, 0.3) is 0 Å². The number of hydrogen-bond donors (Lipinski definition) is 0. The minimum Gasteiger partial charge on any atom is -0.423 e. The maximum atomic E-state index is 6.19. The van der Waals surface area contributed by atoms with Crippen LogP contribution in [0.3, 0.4) is 0 Å². The lowest BCUT2D eigenvalue weighted by molar-refractivity contribution is 0.0133. The summed E-state index contributed by atoms with van der Waals surface area (Å²) in [6, 6.07) is 0. The SMILES string of the molecule is CC(C)(CCCOCC(CO[Si](C)(C)C)O[Si](C)(C)C)O[SiH3]. The topological polar surface area (TPSA) is 36.9 Å². The fraction of sp³-hybridized carbons (Fsp3) is 1.00. The summed E-state index contributed by atoms with van der Waals surface area (Å²) < 4.78 is 23.6. The zero-order chi connectivity index (χ0) is 17.4. The standard InChI is InChI=1S/C15H38O4Si3/c1-15(2,19-20)10-9-11-16-12-14(18-22(6,7)8)13-17-21(3,4)5/h14H,9-13H2,1-8,20H3. The molecule has 0 N–H and O–H groups in total. The Hall–Kier alpha value is 0.491. The molecule has 0 aliphatic heterocycles. The lowest BCUT2D eigenvalue weighted by Crippen LogP contribution is -2.40. The van der Waals surface area contributed by atoms with Crippen LogP contribution in [0.1, 0.15) is 26.7 Å². The largest absolute Gasteiger partial charge is 0.423 e. The predicted molar refractivity (Wildman–Crippen MR) is 103 cm³/mol. The quantitative estimate of drug-likeness (QED) is 0.393. The minimum absolute atomic E-state index is 0.00917. The van der Waals surface area contributed by atoms with Crippen molar-refractivity contribution in [3.8, 4) is 0 Å². The summed E-state index contributed by atoms with van der Waals surface area (Å²) in [6.07, 6.45) is 2.10. The van der Waals surface area contributed by atoms with Crippen molar-refractivity contribution in [2.75, 3.05) is 19.8 Å². The lowest BCUT2D eigenvalue weighted by Gasteiger charge is -2.29. The summed E-state index contributed by atoms with van der Waals surface area (Å²) in [5.41, 5.74) is -0.00917. The molecule has 22 heavy (non-hydrogen) atoms. The molecule has 0 aliphatic carbocycles. The summed E-state index contributed by atoms with van der Waals surface area (Å²) in [4.78, 5) is 0. The van der Waals surface area contributed by atoms with Gasteiger partial charge in [-0.15, -0.1) is 0 Å². The Labute approximate surface area is 143 Å². The van der Waals surface area contributed by atoms with Crippen molar-refractivity contribution in [2.45, 2.75) is 77.7 Å². The summed E-state index contributed by atoms with van der Waals surface area (Å²) in [6.45, 7) is 19.5. The van der Waals surface area contributed by atoms with Crippen molar-refractivity contribution in [1.82, 2.24) is 0 Å². The molecule has 0 radical (unpaired) electrons. The van der Waals surface area contributed by atoms with E-state index in [-0.39, 0.29) is 11.7 Å². The van der Waals surface area contributed by atoms with Crippen LogP contribution in [0.15, 0.2) is 0 Å². The van der Waals surface area contributed by atoms with Gasteiger partial charge in [0.2, 0.25) is 0 Å². The van der Waals surface area contributed by atoms with Gasteiger partial charge in [-0.3, -0.25) is 0 Å². The second kappa shape index (κ2) is 9.71. The van der Waals surface area contributed by atoms with Gasteiger partial charge in [-0.25, -0.2) is 0 Å². The van der Waals surface area contributed by atoms with Crippen LogP contribution in [0.4, 0.5) is 0 Å². The molecule has 0 aliphatic rings. The highest BCUT2D eigenvalue weighted by Crippen LogP contribution is 2.15. The van der Waals surface area contributed by atoms with Crippen LogP contribution in [-0.2, 0) is 18.0 Å². The maximum Gasteiger partial charge on any atom is 0.184 e. The molecule has 4 nitrogen and oxygen atoms in total. The fourth-order valence-electron chi connectivity index (χ4n) is 1.88. The Morgan fingerprint density at radius 2 is 1.55 bits per heavy atom. The van der Waals surface area contributed by atoms with Gasteiger partial charge in [0.25, 0.3) is 0 Å². The third-order valence-electron chi connectivity index (χ3n) is 3.15. The molecule has 0 amide bonds. The van der Waals surface area contributed by atoms with Gasteiger partial charge in [0.05, 0.1) is 19.3 Å². The van der Waals surface area contributed by atoms with Crippen LogP contribution < -0.4 is 0 Å². The van der Waals surface area contributed by atoms with Crippen LogP contribution in [0, 0.1) is 0 Å². The molecule has 1 unspecified atom stereocenters. The third kappa shape index (κ3) is 14.1. The summed E-state index contributed by atoms with van der Waals surface area (Å²) in [5, 5.41) is 0. The molecule has 0 saturated heterocycles. The lowest BCUT2D eigenvalue weighted by atomic mass is 10.0. The zero-order valence-corrected chi connectivity index (χ0v) is 20.2. The van der Waals surface area contributed by atoms with Gasteiger partial charge >= 0.3 is 0 Å². The average Bonchev–Trinajstić information content (AvgIpc) is 2.32. The second-order valence-electron chi connectivity index (χ2n) is 8.42. The highest BCUT2D eigenvalue weighted by molar-refractivity contribution is 6.70. The Balaban J connectivity index is 4.13. The summed E-state index contributed by atoms with van der Waals surface area (Å²) in [5.74, 6) is 0. The van der Waals surface area contributed by atoms with E-state index in [1.165, 1.54) is 0 Å². The van der Waals surface area contributed by atoms with Crippen LogP contribution in [0.2, 0.25) is 39.3 Å². The van der Waals surface area contributed by atoms with Crippen LogP contribution in [0.5, 0.6) is 0 Å². The zero-order valence-electron chi connectivity index (χ0n) is 16.2. The molecule has 0 bridgehead atoms. The number of rotatable bonds is 12. The summed E-state index contributed by atoms with van der Waals surface area (Å²) >= 11 is 0. The van der Waals surface area contributed by atoms with E-state index >= 15 is 0 Å². The molecule has 134 valence electrons. The van der Waals surface area contributed by atoms with E-state index in [4.69, 9.17) is 18.0 Å². The molecular weight excluding hydrogens is 328 g/mol. The van der Waals surface area contributed by atoms with Crippen molar-refractivity contribution in [2.24, 2.45) is 0 Å². The van der Waals surface area contributed by atoms with E-state index in [9.17, 15) is 0 Å². The third-order valence-corrected chi connectivity index (χ3v) is 6.32. The van der Waals surface area contributed by atoms with Gasteiger partial charge in [0, 0.05) is 12.2 Å². The predicted octanol–water partition coefficient (Wildman–Crippen LogP) is 2.93. The monoisotopic (exact) mass is 366 g/mol. The highest BCUT2D eigenvalue weighted by Gasteiger charge is 2.24. The highest BCUT2D eigenvalue weighted by atomic mass is 28.4. The minimum atomic E-state index is -1.58. The van der Waals surface area contributed by atoms with Gasteiger partial charge in [0.15, 0.2) is 16.6 Å². The first-order chi connectivity index (χ1) is 9.85. The van der Waals surface area contributed by atoms with Gasteiger partial charge in [0.1, 0.15) is 10.5 Å². The van der Waals surface area contributed by atoms with E-state index in [0.717, 1.165) is 29.9 Å². The molecule has 0 rings (SSSR count). The molecule has 7 heteroatoms. The van der Waals surface area contributed by atoms with Gasteiger partial charge in [-0.05, 0) is 66.0 Å². The normalized spacial score (nSPS) is 15.3. The smallest absolute Gasteiger partial charge is 0.184 e. The first kappa shape index (κ1) is 22.5. The molecule has 0 saturated carbocycles. The maximum absolute atomic E-state index is 6.19. The fourth-order valence-corrected chi connectivity index (χ4v) is 3.90. The van der Waals surface area contributed by atoms with E-state index < -0.39 is 16.6 Å². The van der Waals surface area contributed by atoms with Crippen molar-refractivity contribution in [3.63, 3.8) is 0 Å². The average molecular weight is 367 g/mol. The Morgan fingerprint density at radius 3 is 2.00 bits per heavy atom. The van der Waals surface area contributed by atoms with E-state index in [2.05, 4.69) is 53.1 Å². The molecule has 0 aromatic carbocycles. The van der Waals surface area contributed by atoms with E-state index in [0.29, 0.717) is 13.2 Å². The molecule has 0 spiro atoms. The molecular formula is C15H38O4Si3. The first-order valence-corrected chi connectivity index (χ1v) is 15.9. The first-order valence-electron chi connectivity index (χ1n) is 8.29. The van der Waals surface area contributed by atoms with E-state index in [1.54, 1.807) is 0 Å². The molecule has 0 aromatic rings. The molecule has 0 fully saturated rings. The second-order valence-corrected chi connectivity index (χ2v) is 17.8. The van der Waals surface area contributed by atoms with Crippen molar-refractivity contribution in [3.05, 3.63) is 0 Å². The van der Waals surface area contributed by atoms with Crippen molar-refractivity contribution < 1.29 is 18.0 Å². The van der Waals surface area contributed by atoms with Crippen molar-refractivity contribution >= 4 is 27.1 Å². The van der Waals surface area contributed by atoms with Gasteiger partial charge < -0.3 is 18.0 Å². The molecule has 0 heterocycles. The van der Waals surface area contributed by atoms with Crippen LogP contribution >= 0.6 is 0 Å². The van der Waals surface area contributed by atoms with E-state index in [1.807, 2.05) is 0 Å². The molecule has 1 atom stereocenters.